The third kappa shape index (κ3) is 5.15. The zero-order valence-electron chi connectivity index (χ0n) is 9.13. The van der Waals surface area contributed by atoms with Crippen LogP contribution < -0.4 is 10.8 Å². The molecule has 0 unspecified atom stereocenters. The van der Waals surface area contributed by atoms with Gasteiger partial charge in [0.2, 0.25) is 5.91 Å². The number of anilines is 1. The van der Waals surface area contributed by atoms with Gasteiger partial charge in [-0.3, -0.25) is 14.4 Å². The van der Waals surface area contributed by atoms with E-state index in [1.165, 1.54) is 19.1 Å². The summed E-state index contributed by atoms with van der Waals surface area (Å²) in [5, 5.41) is 2.86. The van der Waals surface area contributed by atoms with Gasteiger partial charge in [0.25, 0.3) is 5.91 Å². The zero-order valence-corrected chi connectivity index (χ0v) is 9.95. The summed E-state index contributed by atoms with van der Waals surface area (Å²) in [5.41, 5.74) is 1.66. The van der Waals surface area contributed by atoms with Crippen LogP contribution in [-0.4, -0.2) is 24.6 Å². The largest absolute Gasteiger partial charge is 0.414 e. The smallest absolute Gasteiger partial charge is 0.318 e. The summed E-state index contributed by atoms with van der Waals surface area (Å²) in [6.07, 6.45) is -4.51. The molecule has 5 nitrogen and oxygen atoms in total. The molecular formula is C9H9F3N2O3S. The summed E-state index contributed by atoms with van der Waals surface area (Å²) in [6, 6.07) is 2.83. The molecule has 0 saturated carbocycles. The Kier molecular flexibility index (Phi) is 4.68. The monoisotopic (exact) mass is 282 g/mol. The van der Waals surface area contributed by atoms with Crippen LogP contribution in [0.1, 0.15) is 16.6 Å². The quantitative estimate of drug-likeness (QED) is 0.829. The number of alkyl halides is 3. The maximum absolute atomic E-state index is 11.7. The lowest BCUT2D eigenvalue weighted by Crippen LogP contribution is -2.29. The highest BCUT2D eigenvalue weighted by Crippen LogP contribution is 2.21. The summed E-state index contributed by atoms with van der Waals surface area (Å²) < 4.78 is 35.2. The van der Waals surface area contributed by atoms with Gasteiger partial charge < -0.3 is 5.32 Å². The van der Waals surface area contributed by atoms with E-state index in [-0.39, 0.29) is 10.8 Å². The van der Waals surface area contributed by atoms with Crippen molar-refractivity contribution in [2.24, 2.45) is 0 Å². The van der Waals surface area contributed by atoms with Crippen molar-refractivity contribution >= 4 is 28.2 Å². The van der Waals surface area contributed by atoms with Gasteiger partial charge in [-0.15, -0.1) is 11.3 Å². The van der Waals surface area contributed by atoms with E-state index in [1.807, 2.05) is 0 Å². The zero-order chi connectivity index (χ0) is 13.8. The Morgan fingerprint density at radius 2 is 2.06 bits per heavy atom. The van der Waals surface area contributed by atoms with Gasteiger partial charge in [0.1, 0.15) is 0 Å². The first kappa shape index (κ1) is 14.5. The van der Waals surface area contributed by atoms with Crippen molar-refractivity contribution in [1.82, 2.24) is 5.48 Å². The summed E-state index contributed by atoms with van der Waals surface area (Å²) in [6.45, 7) is -0.269. The Morgan fingerprint density at radius 3 is 2.61 bits per heavy atom. The van der Waals surface area contributed by atoms with E-state index in [1.54, 1.807) is 5.48 Å². The number of hydroxylamine groups is 1. The van der Waals surface area contributed by atoms with Crippen LogP contribution in [0.3, 0.4) is 0 Å². The Hall–Kier alpha value is -1.61. The lowest BCUT2D eigenvalue weighted by Gasteiger charge is -2.07. The predicted molar refractivity (Wildman–Crippen MR) is 58.1 cm³/mol. The minimum absolute atomic E-state index is 0.126. The topological polar surface area (TPSA) is 67.4 Å². The molecule has 9 heteroatoms. The minimum Gasteiger partial charge on any atom is -0.318 e. The summed E-state index contributed by atoms with van der Waals surface area (Å²) in [4.78, 5) is 26.2. The lowest BCUT2D eigenvalue weighted by atomic mass is 10.4. The van der Waals surface area contributed by atoms with Gasteiger partial charge in [-0.2, -0.15) is 13.2 Å². The standard InChI is InChI=1S/C9H9F3N2O3S/c1-5(15)13-7-3-2-6(18-7)8(16)14-17-4-9(10,11)12/h2-3H,4H2,1H3,(H,13,15)(H,14,16). The van der Waals surface area contributed by atoms with Crippen molar-refractivity contribution in [3.8, 4) is 0 Å². The molecule has 18 heavy (non-hydrogen) atoms. The average Bonchev–Trinajstić information content (AvgIpc) is 2.63. The second kappa shape index (κ2) is 5.83. The number of rotatable bonds is 4. The molecule has 0 fully saturated rings. The van der Waals surface area contributed by atoms with E-state index in [4.69, 9.17) is 0 Å². The molecule has 0 radical (unpaired) electrons. The molecule has 1 heterocycles. The van der Waals surface area contributed by atoms with Gasteiger partial charge in [0, 0.05) is 6.92 Å². The minimum atomic E-state index is -4.51. The number of amides is 2. The Bertz CT molecular complexity index is 445. The first-order chi connectivity index (χ1) is 8.28. The number of carbonyl (C=O) groups is 2. The molecule has 100 valence electrons. The van der Waals surface area contributed by atoms with E-state index in [9.17, 15) is 22.8 Å². The molecule has 2 N–H and O–H groups in total. The van der Waals surface area contributed by atoms with Gasteiger partial charge in [0.15, 0.2) is 6.61 Å². The van der Waals surface area contributed by atoms with Crippen LogP contribution in [0.4, 0.5) is 18.2 Å². The van der Waals surface area contributed by atoms with Gasteiger partial charge in [-0.1, -0.05) is 0 Å². The van der Waals surface area contributed by atoms with Crippen molar-refractivity contribution in [2.45, 2.75) is 13.1 Å². The van der Waals surface area contributed by atoms with E-state index in [0.29, 0.717) is 5.00 Å². The van der Waals surface area contributed by atoms with Crippen LogP contribution in [0.2, 0.25) is 0 Å². The molecule has 1 aromatic heterocycles. The van der Waals surface area contributed by atoms with Crippen molar-refractivity contribution in [1.29, 1.82) is 0 Å². The molecule has 0 aliphatic carbocycles. The SMILES string of the molecule is CC(=O)Nc1ccc(C(=O)NOCC(F)(F)F)s1. The molecule has 0 aromatic carbocycles. The summed E-state index contributed by atoms with van der Waals surface area (Å²) >= 11 is 0.922. The van der Waals surface area contributed by atoms with E-state index < -0.39 is 18.7 Å². The van der Waals surface area contributed by atoms with Gasteiger partial charge >= 0.3 is 6.18 Å². The third-order valence-corrected chi connectivity index (χ3v) is 2.53. The van der Waals surface area contributed by atoms with Crippen LogP contribution in [0.15, 0.2) is 12.1 Å². The molecule has 0 spiro atoms. The normalized spacial score (nSPS) is 11.1. The molecular weight excluding hydrogens is 273 g/mol. The first-order valence-corrected chi connectivity index (χ1v) is 5.46. The van der Waals surface area contributed by atoms with Crippen LogP contribution >= 0.6 is 11.3 Å². The van der Waals surface area contributed by atoms with Gasteiger partial charge in [-0.05, 0) is 12.1 Å². The number of hydrogen-bond acceptors (Lipinski definition) is 4. The van der Waals surface area contributed by atoms with Crippen LogP contribution in [0, 0.1) is 0 Å². The molecule has 0 saturated heterocycles. The number of carbonyl (C=O) groups excluding carboxylic acids is 2. The Morgan fingerprint density at radius 1 is 1.39 bits per heavy atom. The van der Waals surface area contributed by atoms with Gasteiger partial charge in [-0.25, -0.2) is 5.48 Å². The molecule has 0 bridgehead atoms. The van der Waals surface area contributed by atoms with Crippen LogP contribution in [0.5, 0.6) is 0 Å². The highest BCUT2D eigenvalue weighted by molar-refractivity contribution is 7.18. The molecule has 0 atom stereocenters. The Labute approximate surface area is 104 Å². The number of hydrogen-bond donors (Lipinski definition) is 2. The predicted octanol–water partition coefficient (Wildman–Crippen LogP) is 1.93. The van der Waals surface area contributed by atoms with Crippen molar-refractivity contribution in [3.63, 3.8) is 0 Å². The highest BCUT2D eigenvalue weighted by Gasteiger charge is 2.28. The fourth-order valence-corrected chi connectivity index (χ4v) is 1.77. The maximum atomic E-state index is 11.7. The van der Waals surface area contributed by atoms with Crippen molar-refractivity contribution < 1.29 is 27.6 Å². The van der Waals surface area contributed by atoms with E-state index in [0.717, 1.165) is 11.3 Å². The summed E-state index contributed by atoms with van der Waals surface area (Å²) in [5.74, 6) is -1.11. The fourth-order valence-electron chi connectivity index (χ4n) is 0.934. The molecule has 1 aromatic rings. The molecule has 0 aliphatic rings. The number of thiophene rings is 1. The van der Waals surface area contributed by atoms with Crippen LogP contribution in [0.25, 0.3) is 0 Å². The fraction of sp³-hybridized carbons (Fsp3) is 0.333. The number of nitrogens with one attached hydrogen (secondary N) is 2. The highest BCUT2D eigenvalue weighted by atomic mass is 32.1. The van der Waals surface area contributed by atoms with E-state index in [2.05, 4.69) is 10.2 Å². The average molecular weight is 282 g/mol. The second-order valence-corrected chi connectivity index (χ2v) is 4.26. The number of halogens is 3. The molecule has 1 rings (SSSR count). The molecule has 2 amide bonds. The second-order valence-electron chi connectivity index (χ2n) is 3.18. The van der Waals surface area contributed by atoms with Crippen LogP contribution in [-0.2, 0) is 9.63 Å². The summed E-state index contributed by atoms with van der Waals surface area (Å²) in [7, 11) is 0. The van der Waals surface area contributed by atoms with E-state index >= 15 is 0 Å². The third-order valence-electron chi connectivity index (χ3n) is 1.53. The van der Waals surface area contributed by atoms with Crippen molar-refractivity contribution in [2.75, 3.05) is 11.9 Å². The molecule has 0 aliphatic heterocycles. The first-order valence-electron chi connectivity index (χ1n) is 4.64. The lowest BCUT2D eigenvalue weighted by molar-refractivity contribution is -0.184. The Balaban J connectivity index is 2.47. The van der Waals surface area contributed by atoms with Gasteiger partial charge in [0.05, 0.1) is 9.88 Å². The maximum Gasteiger partial charge on any atom is 0.414 e. The van der Waals surface area contributed by atoms with Crippen molar-refractivity contribution in [3.05, 3.63) is 17.0 Å².